The summed E-state index contributed by atoms with van der Waals surface area (Å²) in [5.41, 5.74) is -0.215. The van der Waals surface area contributed by atoms with Gasteiger partial charge in [-0.3, -0.25) is 0 Å². The molecular formula is C12H14FNO5S. The maximum atomic E-state index is 13.8. The van der Waals surface area contributed by atoms with E-state index < -0.39 is 32.5 Å². The third kappa shape index (κ3) is 3.26. The maximum Gasteiger partial charge on any atom is 0.338 e. The van der Waals surface area contributed by atoms with Gasteiger partial charge in [-0.2, -0.15) is 0 Å². The average molecular weight is 303 g/mol. The van der Waals surface area contributed by atoms with Crippen molar-refractivity contribution in [3.05, 3.63) is 23.5 Å². The lowest BCUT2D eigenvalue weighted by molar-refractivity contribution is 0.0485. The molecule has 0 radical (unpaired) electrons. The van der Waals surface area contributed by atoms with Crippen LogP contribution in [0.3, 0.4) is 0 Å². The fourth-order valence-corrected chi connectivity index (χ4v) is 2.39. The molecule has 110 valence electrons. The average Bonchev–Trinajstić information content (AvgIpc) is 3.17. The number of carbonyl (C=O) groups is 1. The van der Waals surface area contributed by atoms with Gasteiger partial charge >= 0.3 is 5.97 Å². The van der Waals surface area contributed by atoms with Crippen LogP contribution in [0, 0.1) is 11.7 Å². The maximum absolute atomic E-state index is 13.8. The molecule has 0 aliphatic heterocycles. The van der Waals surface area contributed by atoms with Crippen molar-refractivity contribution in [1.82, 2.24) is 0 Å². The Kier molecular flexibility index (Phi) is 3.96. The van der Waals surface area contributed by atoms with Crippen molar-refractivity contribution >= 4 is 16.0 Å². The topological polar surface area (TPSA) is 95.7 Å². The van der Waals surface area contributed by atoms with Gasteiger partial charge in [0.1, 0.15) is 4.90 Å². The third-order valence-electron chi connectivity index (χ3n) is 2.90. The second-order valence-electron chi connectivity index (χ2n) is 4.58. The van der Waals surface area contributed by atoms with Crippen LogP contribution in [0.15, 0.2) is 17.0 Å². The molecule has 0 unspecified atom stereocenters. The van der Waals surface area contributed by atoms with Crippen LogP contribution in [0.2, 0.25) is 0 Å². The van der Waals surface area contributed by atoms with Crippen LogP contribution < -0.4 is 9.88 Å². The van der Waals surface area contributed by atoms with E-state index in [2.05, 4.69) is 4.74 Å². The number of esters is 1. The molecular weight excluding hydrogens is 289 g/mol. The van der Waals surface area contributed by atoms with Gasteiger partial charge in [-0.25, -0.2) is 22.7 Å². The quantitative estimate of drug-likeness (QED) is 0.820. The van der Waals surface area contributed by atoms with Gasteiger partial charge in [0.2, 0.25) is 10.0 Å². The van der Waals surface area contributed by atoms with Gasteiger partial charge in [0, 0.05) is 0 Å². The Bertz CT molecular complexity index is 639. The van der Waals surface area contributed by atoms with Gasteiger partial charge < -0.3 is 9.47 Å². The molecule has 1 fully saturated rings. The molecule has 0 aromatic heterocycles. The van der Waals surface area contributed by atoms with Gasteiger partial charge in [0.25, 0.3) is 0 Å². The van der Waals surface area contributed by atoms with E-state index in [-0.39, 0.29) is 12.2 Å². The molecule has 0 spiro atoms. The van der Waals surface area contributed by atoms with Crippen LogP contribution in [-0.4, -0.2) is 28.1 Å². The first-order valence-corrected chi connectivity index (χ1v) is 7.45. The Labute approximate surface area is 115 Å². The number of halogens is 1. The van der Waals surface area contributed by atoms with Crippen molar-refractivity contribution in [2.75, 3.05) is 13.7 Å². The first-order chi connectivity index (χ1) is 9.32. The highest BCUT2D eigenvalue weighted by atomic mass is 32.2. The molecule has 2 rings (SSSR count). The van der Waals surface area contributed by atoms with Crippen LogP contribution in [0.1, 0.15) is 23.2 Å². The monoisotopic (exact) mass is 303 g/mol. The van der Waals surface area contributed by atoms with Crippen LogP contribution in [-0.2, 0) is 14.8 Å². The van der Waals surface area contributed by atoms with Gasteiger partial charge in [0.05, 0.1) is 19.3 Å². The number of nitrogens with two attached hydrogens (primary N) is 1. The van der Waals surface area contributed by atoms with E-state index in [1.165, 1.54) is 0 Å². The second kappa shape index (κ2) is 5.37. The number of hydrogen-bond acceptors (Lipinski definition) is 5. The summed E-state index contributed by atoms with van der Waals surface area (Å²) in [6, 6.07) is 1.81. The molecule has 1 aromatic carbocycles. The van der Waals surface area contributed by atoms with E-state index in [4.69, 9.17) is 9.88 Å². The molecule has 0 saturated heterocycles. The van der Waals surface area contributed by atoms with Gasteiger partial charge in [-0.1, -0.05) is 0 Å². The van der Waals surface area contributed by atoms with Crippen LogP contribution in [0.5, 0.6) is 5.75 Å². The summed E-state index contributed by atoms with van der Waals surface area (Å²) < 4.78 is 46.2. The fraction of sp³-hybridized carbons (Fsp3) is 0.417. The Balaban J connectivity index is 2.34. The Hall–Kier alpha value is -1.67. The Morgan fingerprint density at radius 2 is 2.10 bits per heavy atom. The standard InChI is InChI=1S/C12H14FNO5S/c1-18-11-9(13)4-8(5-10(11)20(14,16)17)12(15)19-6-7-2-3-7/h4-5,7H,2-3,6H2,1H3,(H2,14,16,17). The summed E-state index contributed by atoms with van der Waals surface area (Å²) in [5, 5.41) is 4.98. The van der Waals surface area contributed by atoms with Crippen molar-refractivity contribution in [1.29, 1.82) is 0 Å². The zero-order valence-electron chi connectivity index (χ0n) is 10.8. The molecule has 1 aromatic rings. The number of ether oxygens (including phenoxy) is 2. The zero-order valence-corrected chi connectivity index (χ0v) is 11.6. The van der Waals surface area contributed by atoms with Crippen LogP contribution in [0.4, 0.5) is 4.39 Å². The van der Waals surface area contributed by atoms with Gasteiger partial charge in [0.15, 0.2) is 11.6 Å². The minimum Gasteiger partial charge on any atom is -0.492 e. The van der Waals surface area contributed by atoms with E-state index in [1.54, 1.807) is 0 Å². The molecule has 0 heterocycles. The van der Waals surface area contributed by atoms with Gasteiger partial charge in [-0.15, -0.1) is 0 Å². The summed E-state index contributed by atoms with van der Waals surface area (Å²) in [6.45, 7) is 0.247. The lowest BCUT2D eigenvalue weighted by atomic mass is 10.2. The minimum atomic E-state index is -4.22. The predicted octanol–water partition coefficient (Wildman–Crippen LogP) is 1.05. The molecule has 0 atom stereocenters. The van der Waals surface area contributed by atoms with E-state index in [0.717, 1.165) is 32.1 Å². The number of hydrogen-bond donors (Lipinski definition) is 1. The fourth-order valence-electron chi connectivity index (χ4n) is 1.66. The third-order valence-corrected chi connectivity index (χ3v) is 3.82. The largest absolute Gasteiger partial charge is 0.492 e. The predicted molar refractivity (Wildman–Crippen MR) is 67.3 cm³/mol. The number of benzene rings is 1. The Morgan fingerprint density at radius 3 is 2.60 bits per heavy atom. The first kappa shape index (κ1) is 14.7. The second-order valence-corrected chi connectivity index (χ2v) is 6.11. The Morgan fingerprint density at radius 1 is 1.45 bits per heavy atom. The molecule has 2 N–H and O–H groups in total. The molecule has 0 amide bonds. The minimum absolute atomic E-state index is 0.215. The highest BCUT2D eigenvalue weighted by Crippen LogP contribution is 2.30. The summed E-state index contributed by atoms with van der Waals surface area (Å²) in [4.78, 5) is 11.2. The number of primary sulfonamides is 1. The van der Waals surface area contributed by atoms with Crippen molar-refractivity contribution in [2.24, 2.45) is 11.1 Å². The molecule has 1 saturated carbocycles. The highest BCUT2D eigenvalue weighted by molar-refractivity contribution is 7.89. The molecule has 0 bridgehead atoms. The molecule has 8 heteroatoms. The smallest absolute Gasteiger partial charge is 0.338 e. The van der Waals surface area contributed by atoms with Crippen molar-refractivity contribution in [3.8, 4) is 5.75 Å². The lowest BCUT2D eigenvalue weighted by Crippen LogP contribution is -2.16. The molecule has 1 aliphatic rings. The van der Waals surface area contributed by atoms with Gasteiger partial charge in [-0.05, 0) is 30.9 Å². The number of rotatable bonds is 5. The van der Waals surface area contributed by atoms with E-state index >= 15 is 0 Å². The van der Waals surface area contributed by atoms with Crippen molar-refractivity contribution in [2.45, 2.75) is 17.7 Å². The van der Waals surface area contributed by atoms with Crippen LogP contribution in [0.25, 0.3) is 0 Å². The normalized spacial score (nSPS) is 14.9. The summed E-state index contributed by atoms with van der Waals surface area (Å²) in [7, 11) is -3.11. The lowest BCUT2D eigenvalue weighted by Gasteiger charge is -2.10. The molecule has 6 nitrogen and oxygen atoms in total. The van der Waals surface area contributed by atoms with E-state index in [1.807, 2.05) is 0 Å². The van der Waals surface area contributed by atoms with Crippen molar-refractivity contribution in [3.63, 3.8) is 0 Å². The summed E-state index contributed by atoms with van der Waals surface area (Å²) in [6.07, 6.45) is 1.99. The summed E-state index contributed by atoms with van der Waals surface area (Å²) >= 11 is 0. The first-order valence-electron chi connectivity index (χ1n) is 5.90. The molecule has 1 aliphatic carbocycles. The number of methoxy groups -OCH3 is 1. The molecule has 20 heavy (non-hydrogen) atoms. The van der Waals surface area contributed by atoms with Crippen LogP contribution >= 0.6 is 0 Å². The number of sulfonamides is 1. The highest BCUT2D eigenvalue weighted by Gasteiger charge is 2.26. The van der Waals surface area contributed by atoms with E-state index in [9.17, 15) is 17.6 Å². The summed E-state index contributed by atoms with van der Waals surface area (Å²) in [5.74, 6) is -1.95. The van der Waals surface area contributed by atoms with Crippen molar-refractivity contribution < 1.29 is 27.1 Å². The zero-order chi connectivity index (χ0) is 14.9. The van der Waals surface area contributed by atoms with E-state index in [0.29, 0.717) is 5.92 Å². The number of carbonyl (C=O) groups excluding carboxylic acids is 1. The SMILES string of the molecule is COc1c(F)cc(C(=O)OCC2CC2)cc1S(N)(=O)=O.